The molecule has 2 aromatic carbocycles. The number of hydrogen-bond donors (Lipinski definition) is 0. The van der Waals surface area contributed by atoms with Gasteiger partial charge in [-0.1, -0.05) is 42.4 Å². The molecule has 0 spiro atoms. The lowest BCUT2D eigenvalue weighted by atomic mass is 10.0. The number of nitrogens with zero attached hydrogens (tertiary/aromatic N) is 7. The second kappa shape index (κ2) is 13.0. The molecule has 10 heteroatoms. The van der Waals surface area contributed by atoms with Crippen molar-refractivity contribution in [1.29, 1.82) is 0 Å². The van der Waals surface area contributed by atoms with Crippen molar-refractivity contribution in [3.63, 3.8) is 0 Å². The van der Waals surface area contributed by atoms with Crippen molar-refractivity contribution in [3.05, 3.63) is 76.8 Å². The highest BCUT2D eigenvalue weighted by Gasteiger charge is 2.35. The molecule has 0 N–H and O–H groups in total. The molecule has 3 aliphatic rings. The van der Waals surface area contributed by atoms with Crippen molar-refractivity contribution in [2.24, 2.45) is 5.92 Å². The minimum absolute atomic E-state index is 0.138. The Balaban J connectivity index is 1.30. The molecule has 3 aromatic rings. The van der Waals surface area contributed by atoms with Crippen molar-refractivity contribution < 1.29 is 9.53 Å². The highest BCUT2D eigenvalue weighted by molar-refractivity contribution is 6.36. The minimum atomic E-state index is -0.239. The van der Waals surface area contributed by atoms with Crippen LogP contribution in [0, 0.1) is 12.5 Å². The van der Waals surface area contributed by atoms with Gasteiger partial charge in [-0.25, -0.2) is 6.57 Å². The molecule has 1 amide bonds. The van der Waals surface area contributed by atoms with Crippen LogP contribution in [0.5, 0.6) is 6.01 Å². The number of anilines is 2. The number of ether oxygens (including phenoxy) is 1. The summed E-state index contributed by atoms with van der Waals surface area (Å²) in [7, 11) is 2.15. The van der Waals surface area contributed by atoms with Gasteiger partial charge < -0.3 is 29.2 Å². The third-order valence-electron chi connectivity index (χ3n) is 9.41. The van der Waals surface area contributed by atoms with Gasteiger partial charge in [-0.2, -0.15) is 9.97 Å². The zero-order valence-corrected chi connectivity index (χ0v) is 26.3. The molecule has 0 unspecified atom stereocenters. The second-order valence-corrected chi connectivity index (χ2v) is 12.5. The van der Waals surface area contributed by atoms with Gasteiger partial charge in [-0.05, 0) is 62.7 Å². The maximum absolute atomic E-state index is 12.6. The fourth-order valence-electron chi connectivity index (χ4n) is 6.60. The molecule has 0 bridgehead atoms. The van der Waals surface area contributed by atoms with E-state index in [1.807, 2.05) is 12.1 Å². The lowest BCUT2D eigenvalue weighted by Gasteiger charge is -2.41. The third-order valence-corrected chi connectivity index (χ3v) is 9.73. The molecular weight excluding hydrogens is 574 g/mol. The average molecular weight is 614 g/mol. The molecule has 6 rings (SSSR count). The first-order valence-corrected chi connectivity index (χ1v) is 15.9. The van der Waals surface area contributed by atoms with Gasteiger partial charge in [0.2, 0.25) is 12.5 Å². The van der Waals surface area contributed by atoms with Crippen molar-refractivity contribution >= 4 is 39.8 Å². The first-order chi connectivity index (χ1) is 21.4. The number of aromatic nitrogens is 2. The van der Waals surface area contributed by atoms with E-state index >= 15 is 0 Å². The van der Waals surface area contributed by atoms with E-state index in [-0.39, 0.29) is 18.5 Å². The van der Waals surface area contributed by atoms with Crippen LogP contribution in [0.4, 0.5) is 11.5 Å². The van der Waals surface area contributed by atoms with E-state index in [2.05, 4.69) is 64.4 Å². The third kappa shape index (κ3) is 6.19. The number of piperazine rings is 1. The Morgan fingerprint density at radius 2 is 2.00 bits per heavy atom. The largest absolute Gasteiger partial charge is 0.462 e. The Kier molecular flexibility index (Phi) is 8.92. The highest BCUT2D eigenvalue weighted by Crippen LogP contribution is 2.37. The molecule has 3 heterocycles. The summed E-state index contributed by atoms with van der Waals surface area (Å²) in [6.07, 6.45) is 4.71. The van der Waals surface area contributed by atoms with Crippen LogP contribution in [-0.4, -0.2) is 90.7 Å². The summed E-state index contributed by atoms with van der Waals surface area (Å²) in [5.74, 6) is 1.50. The second-order valence-electron chi connectivity index (χ2n) is 12.1. The summed E-state index contributed by atoms with van der Waals surface area (Å²) in [5.41, 5.74) is 3.13. The summed E-state index contributed by atoms with van der Waals surface area (Å²) in [5, 5.41) is 2.89. The van der Waals surface area contributed by atoms with Crippen molar-refractivity contribution in [1.82, 2.24) is 19.8 Å². The van der Waals surface area contributed by atoms with Gasteiger partial charge in [0.15, 0.2) is 0 Å². The number of benzene rings is 2. The molecule has 1 saturated carbocycles. The smallest absolute Gasteiger partial charge is 0.318 e. The average Bonchev–Trinajstić information content (AvgIpc) is 3.89. The molecule has 0 radical (unpaired) electrons. The van der Waals surface area contributed by atoms with Crippen LogP contribution in [-0.2, 0) is 17.8 Å². The van der Waals surface area contributed by atoms with Gasteiger partial charge in [0.25, 0.3) is 0 Å². The molecular formula is C34H40ClN7O2. The molecule has 230 valence electrons. The summed E-state index contributed by atoms with van der Waals surface area (Å²) in [4.78, 5) is 34.8. The molecule has 9 nitrogen and oxygen atoms in total. The molecule has 2 atom stereocenters. The number of carbonyl (C=O) groups excluding carboxylic acids is 1. The van der Waals surface area contributed by atoms with E-state index in [1.54, 1.807) is 4.90 Å². The summed E-state index contributed by atoms with van der Waals surface area (Å²) < 4.78 is 6.25. The monoisotopic (exact) mass is 613 g/mol. The van der Waals surface area contributed by atoms with Crippen molar-refractivity contribution in [2.75, 3.05) is 62.7 Å². The van der Waals surface area contributed by atoms with Crippen LogP contribution < -0.4 is 14.5 Å². The normalized spacial score (nSPS) is 19.1. The molecule has 1 saturated heterocycles. The Bertz CT molecular complexity index is 1580. The first-order valence-electron chi connectivity index (χ1n) is 15.5. The van der Waals surface area contributed by atoms with Gasteiger partial charge in [0.05, 0.1) is 17.3 Å². The number of amides is 1. The van der Waals surface area contributed by atoms with Crippen molar-refractivity contribution in [2.45, 2.75) is 44.8 Å². The topological polar surface area (TPSA) is 69.4 Å². The molecule has 1 aromatic heterocycles. The number of hydrogen-bond acceptors (Lipinski definition) is 7. The molecule has 1 aliphatic carbocycles. The number of rotatable bonds is 10. The minimum Gasteiger partial charge on any atom is -0.462 e. The summed E-state index contributed by atoms with van der Waals surface area (Å²) >= 11 is 6.71. The summed E-state index contributed by atoms with van der Waals surface area (Å²) in [6, 6.07) is 13.0. The van der Waals surface area contributed by atoms with Gasteiger partial charge in [-0.15, -0.1) is 0 Å². The lowest BCUT2D eigenvalue weighted by Crippen LogP contribution is -2.56. The van der Waals surface area contributed by atoms with Crippen molar-refractivity contribution in [3.8, 4) is 6.01 Å². The van der Waals surface area contributed by atoms with E-state index in [4.69, 9.17) is 32.9 Å². The Hall–Kier alpha value is -3.87. The zero-order chi connectivity index (χ0) is 30.8. The molecule has 2 fully saturated rings. The predicted octanol–water partition coefficient (Wildman–Crippen LogP) is 5.08. The van der Waals surface area contributed by atoms with Gasteiger partial charge in [0, 0.05) is 55.4 Å². The number of halogens is 1. The quantitative estimate of drug-likeness (QED) is 0.233. The van der Waals surface area contributed by atoms with Gasteiger partial charge in [0.1, 0.15) is 18.5 Å². The fourth-order valence-corrected chi connectivity index (χ4v) is 6.88. The molecule has 2 aliphatic heterocycles. The number of carbonyl (C=O) groups is 1. The Morgan fingerprint density at radius 3 is 2.75 bits per heavy atom. The number of likely N-dealkylation sites (N-methyl/N-ethyl adjacent to an activating group) is 1. The van der Waals surface area contributed by atoms with Crippen LogP contribution in [0.15, 0.2) is 49.1 Å². The van der Waals surface area contributed by atoms with E-state index in [0.29, 0.717) is 44.8 Å². The SMILES string of the molecule is [C-]#[N+]C[C@H]1CN(c2nc(OCCN(C)[C@@H](C)C3CC3)nc3c2CCN(c2cccc4cccc(Cl)c24)C3)CCN1C(=O)C=C. The fraction of sp³-hybridized carbons (Fsp3) is 0.471. The Morgan fingerprint density at radius 1 is 1.20 bits per heavy atom. The highest BCUT2D eigenvalue weighted by atomic mass is 35.5. The zero-order valence-electron chi connectivity index (χ0n) is 25.6. The Labute approximate surface area is 264 Å². The van der Waals surface area contributed by atoms with E-state index in [1.165, 1.54) is 18.9 Å². The van der Waals surface area contributed by atoms with Crippen LogP contribution in [0.3, 0.4) is 0 Å². The lowest BCUT2D eigenvalue weighted by molar-refractivity contribution is -0.128. The van der Waals surface area contributed by atoms with Crippen LogP contribution in [0.1, 0.15) is 31.0 Å². The van der Waals surface area contributed by atoms with Crippen LogP contribution in [0.25, 0.3) is 15.6 Å². The first kappa shape index (κ1) is 30.2. The van der Waals surface area contributed by atoms with Gasteiger partial charge >= 0.3 is 6.01 Å². The van der Waals surface area contributed by atoms with Gasteiger partial charge in [-0.3, -0.25) is 4.79 Å². The maximum atomic E-state index is 12.6. The predicted molar refractivity (Wildman–Crippen MR) is 175 cm³/mol. The number of fused-ring (bicyclic) bond motifs is 2. The standard InChI is InChI=1S/C34H40ClN7O2/c1-5-31(43)42-17-16-41(21-26(42)20-36-3)33-27-14-15-40(30-11-7-9-25-8-6-10-28(35)32(25)30)22-29(27)37-34(38-33)44-19-18-39(4)23(2)24-12-13-24/h5-11,23-24,26H,1,12-22H2,2,4H3/t23-,26-/m0/s1. The molecule has 44 heavy (non-hydrogen) atoms. The van der Waals surface area contributed by atoms with E-state index in [9.17, 15) is 4.79 Å². The van der Waals surface area contributed by atoms with Crippen LogP contribution in [0.2, 0.25) is 5.02 Å². The van der Waals surface area contributed by atoms with E-state index in [0.717, 1.165) is 64.0 Å². The van der Waals surface area contributed by atoms with Crippen LogP contribution >= 0.6 is 11.6 Å². The maximum Gasteiger partial charge on any atom is 0.318 e. The van der Waals surface area contributed by atoms with E-state index < -0.39 is 0 Å². The summed E-state index contributed by atoms with van der Waals surface area (Å²) in [6.45, 7) is 18.0.